The number of hydrogen-bond acceptors (Lipinski definition) is 3. The Balaban J connectivity index is 1.76. The van der Waals surface area contributed by atoms with Gasteiger partial charge in [-0.2, -0.15) is 11.8 Å². The normalized spacial score (nSPS) is 20.9. The van der Waals surface area contributed by atoms with Gasteiger partial charge in [-0.1, -0.05) is 90.4 Å². The number of rotatable bonds is 17. The van der Waals surface area contributed by atoms with Crippen molar-refractivity contribution in [3.8, 4) is 0 Å². The highest BCUT2D eigenvalue weighted by atomic mass is 32.2. The summed E-state index contributed by atoms with van der Waals surface area (Å²) in [5, 5.41) is 9.88. The van der Waals surface area contributed by atoms with Gasteiger partial charge in [0.2, 0.25) is 0 Å². The smallest absolute Gasteiger partial charge is 0.0923 e. The lowest BCUT2D eigenvalue weighted by Gasteiger charge is -2.29. The zero-order valence-corrected chi connectivity index (χ0v) is 17.7. The molecule has 1 aliphatic heterocycles. The van der Waals surface area contributed by atoms with E-state index in [1.54, 1.807) is 0 Å². The zero-order chi connectivity index (χ0) is 18.0. The topological polar surface area (TPSA) is 29.5 Å². The van der Waals surface area contributed by atoms with E-state index in [9.17, 15) is 5.11 Å². The number of unbranched alkanes of at least 4 members (excludes halogenated alkanes) is 13. The third-order valence-electron chi connectivity index (χ3n) is 5.39. The summed E-state index contributed by atoms with van der Waals surface area (Å²) in [5.41, 5.74) is 0. The molecule has 1 saturated heterocycles. The molecule has 1 aliphatic rings. The summed E-state index contributed by atoms with van der Waals surface area (Å²) in [7, 11) is 0. The molecule has 0 aliphatic carbocycles. The number of thioether (sulfide) groups is 1. The predicted molar refractivity (Wildman–Crippen MR) is 113 cm³/mol. The van der Waals surface area contributed by atoms with E-state index in [4.69, 9.17) is 4.74 Å². The Morgan fingerprint density at radius 2 is 1.32 bits per heavy atom. The van der Waals surface area contributed by atoms with E-state index in [2.05, 4.69) is 6.92 Å². The Morgan fingerprint density at radius 1 is 0.800 bits per heavy atom. The zero-order valence-electron chi connectivity index (χ0n) is 16.9. The molecule has 25 heavy (non-hydrogen) atoms. The number of ether oxygens (including phenoxy) is 1. The Kier molecular flexibility index (Phi) is 16.5. The maximum absolute atomic E-state index is 9.35. The predicted octanol–water partition coefficient (Wildman–Crippen LogP) is 6.74. The van der Waals surface area contributed by atoms with Gasteiger partial charge in [-0.05, 0) is 25.0 Å². The molecule has 0 aromatic carbocycles. The molecule has 2 atom stereocenters. The molecule has 1 rings (SSSR count). The Bertz CT molecular complexity index is 273. The van der Waals surface area contributed by atoms with Gasteiger partial charge in [-0.3, -0.25) is 0 Å². The van der Waals surface area contributed by atoms with E-state index in [0.29, 0.717) is 5.25 Å². The highest BCUT2D eigenvalue weighted by molar-refractivity contribution is 7.99. The molecule has 0 spiro atoms. The van der Waals surface area contributed by atoms with Crippen LogP contribution in [0.5, 0.6) is 0 Å². The van der Waals surface area contributed by atoms with Gasteiger partial charge in [0.25, 0.3) is 0 Å². The van der Waals surface area contributed by atoms with Gasteiger partial charge in [0, 0.05) is 11.9 Å². The van der Waals surface area contributed by atoms with Crippen LogP contribution in [0, 0.1) is 0 Å². The molecule has 0 aromatic heterocycles. The monoisotopic (exact) mass is 372 g/mol. The second-order valence-corrected chi connectivity index (χ2v) is 9.09. The molecule has 0 radical (unpaired) electrons. The quantitative estimate of drug-likeness (QED) is 0.287. The average molecular weight is 373 g/mol. The fourth-order valence-corrected chi connectivity index (χ4v) is 5.09. The van der Waals surface area contributed by atoms with E-state index in [-0.39, 0.29) is 12.7 Å². The lowest BCUT2D eigenvalue weighted by atomic mass is 10.0. The molecule has 1 heterocycles. The number of hydrogen-bond donors (Lipinski definition) is 1. The standard InChI is InChI=1S/C22H44O2S/c1-2-3-4-5-6-7-8-9-10-11-12-13-14-15-19-25-22-17-16-18-24-21(22)20-23/h21-23H,2-20H2,1H3/t21-,22-/m0/s1. The van der Waals surface area contributed by atoms with Crippen LogP contribution in [0.2, 0.25) is 0 Å². The van der Waals surface area contributed by atoms with Crippen molar-refractivity contribution in [2.24, 2.45) is 0 Å². The van der Waals surface area contributed by atoms with E-state index in [1.165, 1.54) is 102 Å². The molecule has 150 valence electrons. The van der Waals surface area contributed by atoms with Crippen molar-refractivity contribution in [2.45, 2.75) is 121 Å². The van der Waals surface area contributed by atoms with E-state index < -0.39 is 0 Å². The molecule has 3 heteroatoms. The first-order valence-corrected chi connectivity index (χ1v) is 12.3. The highest BCUT2D eigenvalue weighted by Crippen LogP contribution is 2.27. The fraction of sp³-hybridized carbons (Fsp3) is 1.00. The third kappa shape index (κ3) is 13.1. The van der Waals surface area contributed by atoms with Crippen LogP contribution < -0.4 is 0 Å². The van der Waals surface area contributed by atoms with E-state index in [1.807, 2.05) is 11.8 Å². The lowest BCUT2D eigenvalue weighted by molar-refractivity contribution is -0.0125. The van der Waals surface area contributed by atoms with Gasteiger partial charge in [0.1, 0.15) is 0 Å². The van der Waals surface area contributed by atoms with Crippen LogP contribution in [-0.2, 0) is 4.74 Å². The third-order valence-corrected chi connectivity index (χ3v) is 6.88. The van der Waals surface area contributed by atoms with E-state index in [0.717, 1.165) is 13.0 Å². The molecule has 0 saturated carbocycles. The first-order valence-electron chi connectivity index (χ1n) is 11.2. The van der Waals surface area contributed by atoms with Crippen LogP contribution >= 0.6 is 11.8 Å². The minimum absolute atomic E-state index is 0.0883. The van der Waals surface area contributed by atoms with Crippen molar-refractivity contribution in [3.05, 3.63) is 0 Å². The fourth-order valence-electron chi connectivity index (χ4n) is 3.70. The van der Waals surface area contributed by atoms with Crippen molar-refractivity contribution in [1.82, 2.24) is 0 Å². The van der Waals surface area contributed by atoms with Crippen LogP contribution in [0.1, 0.15) is 110 Å². The second kappa shape index (κ2) is 17.7. The molecule has 0 unspecified atom stereocenters. The minimum Gasteiger partial charge on any atom is -0.394 e. The van der Waals surface area contributed by atoms with Crippen molar-refractivity contribution >= 4 is 11.8 Å². The van der Waals surface area contributed by atoms with Gasteiger partial charge >= 0.3 is 0 Å². The summed E-state index contributed by atoms with van der Waals surface area (Å²) in [6, 6.07) is 0. The lowest BCUT2D eigenvalue weighted by Crippen LogP contribution is -2.35. The van der Waals surface area contributed by atoms with Crippen LogP contribution in [0.3, 0.4) is 0 Å². The van der Waals surface area contributed by atoms with Crippen LogP contribution in [0.15, 0.2) is 0 Å². The summed E-state index contributed by atoms with van der Waals surface area (Å²) in [5.74, 6) is 1.24. The average Bonchev–Trinajstić information content (AvgIpc) is 2.65. The molecular weight excluding hydrogens is 328 g/mol. The van der Waals surface area contributed by atoms with Crippen molar-refractivity contribution < 1.29 is 9.84 Å². The second-order valence-electron chi connectivity index (χ2n) is 7.74. The maximum atomic E-state index is 9.35. The Morgan fingerprint density at radius 3 is 1.84 bits per heavy atom. The Hall–Kier alpha value is 0.270. The SMILES string of the molecule is CCCCCCCCCCCCCCCCS[C@H]1CCCO[C@H]1CO. The molecule has 0 amide bonds. The van der Waals surface area contributed by atoms with Gasteiger partial charge in [-0.15, -0.1) is 0 Å². The largest absolute Gasteiger partial charge is 0.394 e. The van der Waals surface area contributed by atoms with Crippen molar-refractivity contribution in [3.63, 3.8) is 0 Å². The van der Waals surface area contributed by atoms with Crippen LogP contribution in [0.25, 0.3) is 0 Å². The van der Waals surface area contributed by atoms with Crippen LogP contribution in [0.4, 0.5) is 0 Å². The first kappa shape index (κ1) is 23.3. The maximum Gasteiger partial charge on any atom is 0.0923 e. The summed E-state index contributed by atoms with van der Waals surface area (Å²) in [6.45, 7) is 3.31. The minimum atomic E-state index is 0.0883. The summed E-state index contributed by atoms with van der Waals surface area (Å²) >= 11 is 2.03. The molecule has 0 aromatic rings. The van der Waals surface area contributed by atoms with Crippen LogP contribution in [-0.4, -0.2) is 35.4 Å². The molecule has 1 fully saturated rings. The van der Waals surface area contributed by atoms with Gasteiger partial charge < -0.3 is 9.84 Å². The van der Waals surface area contributed by atoms with Gasteiger partial charge in [0.05, 0.1) is 12.7 Å². The molecule has 1 N–H and O–H groups in total. The van der Waals surface area contributed by atoms with Crippen molar-refractivity contribution in [2.75, 3.05) is 19.0 Å². The molecular formula is C22H44O2S. The number of aliphatic hydroxyl groups excluding tert-OH is 1. The van der Waals surface area contributed by atoms with Gasteiger partial charge in [0.15, 0.2) is 0 Å². The summed E-state index contributed by atoms with van der Waals surface area (Å²) in [6.07, 6.45) is 22.4. The highest BCUT2D eigenvalue weighted by Gasteiger charge is 2.25. The number of aliphatic hydroxyl groups is 1. The van der Waals surface area contributed by atoms with Crippen molar-refractivity contribution in [1.29, 1.82) is 0 Å². The Labute approximate surface area is 161 Å². The first-order chi connectivity index (χ1) is 12.4. The van der Waals surface area contributed by atoms with Gasteiger partial charge in [-0.25, -0.2) is 0 Å². The summed E-state index contributed by atoms with van der Waals surface area (Å²) in [4.78, 5) is 0. The van der Waals surface area contributed by atoms with E-state index >= 15 is 0 Å². The summed E-state index contributed by atoms with van der Waals surface area (Å²) < 4.78 is 5.64. The molecule has 2 nitrogen and oxygen atoms in total. The molecule has 0 bridgehead atoms.